The Morgan fingerprint density at radius 2 is 1.77 bits per heavy atom. The van der Waals surface area contributed by atoms with Crippen LogP contribution in [-0.4, -0.2) is 59.7 Å². The van der Waals surface area contributed by atoms with Gasteiger partial charge in [0.05, 0.1) is 12.8 Å². The molecule has 1 atom stereocenters. The third-order valence-corrected chi connectivity index (χ3v) is 5.83. The normalized spacial score (nSPS) is 11.8. The summed E-state index contributed by atoms with van der Waals surface area (Å²) >= 11 is 0. The molecule has 0 aliphatic carbocycles. The number of ether oxygens (including phenoxy) is 2. The van der Waals surface area contributed by atoms with Crippen LogP contribution >= 0.6 is 0 Å². The van der Waals surface area contributed by atoms with Gasteiger partial charge in [0, 0.05) is 13.0 Å². The number of benzene rings is 1. The number of hydrogen-bond acceptors (Lipinski definition) is 10. The van der Waals surface area contributed by atoms with Gasteiger partial charge < -0.3 is 28.5 Å². The number of nitrogens with zero attached hydrogens (tertiary/aromatic N) is 4. The van der Waals surface area contributed by atoms with Crippen LogP contribution in [0.4, 0.5) is 4.79 Å². The number of nitrogens with one attached hydrogen (secondary N) is 1. The maximum Gasteiger partial charge on any atom is 0.408 e. The van der Waals surface area contributed by atoms with Crippen LogP contribution in [0, 0.1) is 0 Å². The summed E-state index contributed by atoms with van der Waals surface area (Å²) in [5.74, 6) is 0.379. The summed E-state index contributed by atoms with van der Waals surface area (Å²) < 4.78 is 21.8. The Labute approximate surface area is 226 Å². The molecule has 1 N–H and O–H groups in total. The fourth-order valence-electron chi connectivity index (χ4n) is 3.72. The quantitative estimate of drug-likeness (QED) is 0.271. The van der Waals surface area contributed by atoms with Crippen LogP contribution in [0.1, 0.15) is 47.1 Å². The van der Waals surface area contributed by atoms with Gasteiger partial charge in [-0.25, -0.2) is 24.5 Å². The van der Waals surface area contributed by atoms with E-state index >= 15 is 0 Å². The summed E-state index contributed by atoms with van der Waals surface area (Å²) in [7, 11) is 5.16. The first kappa shape index (κ1) is 27.5. The van der Waals surface area contributed by atoms with Crippen molar-refractivity contribution >= 4 is 12.1 Å². The molecule has 0 spiro atoms. The molecule has 0 aliphatic rings. The maximum absolute atomic E-state index is 12.4. The zero-order chi connectivity index (χ0) is 27.8. The summed E-state index contributed by atoms with van der Waals surface area (Å²) in [4.78, 5) is 40.1. The molecule has 4 rings (SSSR count). The number of methoxy groups -OCH3 is 1. The molecule has 3 aromatic heterocycles. The molecule has 4 aromatic rings. The van der Waals surface area contributed by atoms with Crippen molar-refractivity contribution < 1.29 is 27.9 Å². The summed E-state index contributed by atoms with van der Waals surface area (Å²) in [6.07, 6.45) is 1.92. The van der Waals surface area contributed by atoms with Crippen molar-refractivity contribution in [2.75, 3.05) is 27.7 Å². The lowest BCUT2D eigenvalue weighted by Crippen LogP contribution is -2.28. The van der Waals surface area contributed by atoms with E-state index in [0.717, 1.165) is 5.56 Å². The van der Waals surface area contributed by atoms with Crippen molar-refractivity contribution in [1.82, 2.24) is 25.2 Å². The fraction of sp³-hybridized carbons (Fsp3) is 0.321. The second kappa shape index (κ2) is 12.8. The highest BCUT2D eigenvalue weighted by molar-refractivity contribution is 5.88. The second-order valence-electron chi connectivity index (χ2n) is 8.98. The monoisotopic (exact) mass is 533 g/mol. The van der Waals surface area contributed by atoms with Gasteiger partial charge in [-0.1, -0.05) is 43.3 Å². The minimum absolute atomic E-state index is 0.126. The fourth-order valence-corrected chi connectivity index (χ4v) is 3.72. The van der Waals surface area contributed by atoms with Crippen LogP contribution in [-0.2, 0) is 22.5 Å². The predicted octanol–water partition coefficient (Wildman–Crippen LogP) is 4.66. The van der Waals surface area contributed by atoms with Crippen molar-refractivity contribution in [2.24, 2.45) is 0 Å². The van der Waals surface area contributed by atoms with Gasteiger partial charge in [0.15, 0.2) is 5.69 Å². The number of oxazole rings is 2. The van der Waals surface area contributed by atoms with E-state index in [4.69, 9.17) is 18.3 Å². The average molecular weight is 534 g/mol. The molecule has 39 heavy (non-hydrogen) atoms. The smallest absolute Gasteiger partial charge is 0.408 e. The molecule has 0 saturated carbocycles. The minimum Gasteiger partial charge on any atom is -0.464 e. The number of aromatic nitrogens is 3. The number of pyridine rings is 1. The number of esters is 1. The lowest BCUT2D eigenvalue weighted by atomic mass is 10.2. The van der Waals surface area contributed by atoms with Gasteiger partial charge in [-0.05, 0) is 38.2 Å². The highest BCUT2D eigenvalue weighted by atomic mass is 16.5. The van der Waals surface area contributed by atoms with Crippen molar-refractivity contribution in [3.05, 3.63) is 77.7 Å². The topological polar surface area (TPSA) is 133 Å². The Bertz CT molecular complexity index is 1400. The molecule has 3 heterocycles. The molecule has 11 nitrogen and oxygen atoms in total. The molecular formula is C28H31N5O6. The SMILES string of the molecule is CCC(NC(=O)OCc1ccccc1)c1nc(-c2cccc(-c3nc(C(=O)OC)c(CCN(C)C)o3)n2)co1. The van der Waals surface area contributed by atoms with Gasteiger partial charge in [0.25, 0.3) is 0 Å². The van der Waals surface area contributed by atoms with E-state index in [0.29, 0.717) is 48.1 Å². The van der Waals surface area contributed by atoms with E-state index < -0.39 is 18.1 Å². The molecule has 1 aromatic carbocycles. The first-order valence-electron chi connectivity index (χ1n) is 12.5. The number of alkyl carbamates (subject to hydrolysis) is 1. The molecule has 0 fully saturated rings. The van der Waals surface area contributed by atoms with Gasteiger partial charge in [-0.2, -0.15) is 0 Å². The van der Waals surface area contributed by atoms with E-state index in [1.54, 1.807) is 18.2 Å². The van der Waals surface area contributed by atoms with Gasteiger partial charge in [0.2, 0.25) is 11.8 Å². The minimum atomic E-state index is -0.573. The Kier molecular flexibility index (Phi) is 9.06. The van der Waals surface area contributed by atoms with E-state index in [1.807, 2.05) is 56.3 Å². The van der Waals surface area contributed by atoms with E-state index in [1.165, 1.54) is 13.4 Å². The van der Waals surface area contributed by atoms with Crippen LogP contribution in [0.25, 0.3) is 23.0 Å². The maximum atomic E-state index is 12.4. The molecule has 204 valence electrons. The predicted molar refractivity (Wildman–Crippen MR) is 142 cm³/mol. The highest BCUT2D eigenvalue weighted by Crippen LogP contribution is 2.26. The van der Waals surface area contributed by atoms with Gasteiger partial charge in [-0.3, -0.25) is 0 Å². The Morgan fingerprint density at radius 1 is 1.00 bits per heavy atom. The zero-order valence-corrected chi connectivity index (χ0v) is 22.3. The second-order valence-corrected chi connectivity index (χ2v) is 8.98. The first-order chi connectivity index (χ1) is 18.9. The average Bonchev–Trinajstić information content (AvgIpc) is 3.62. The lowest BCUT2D eigenvalue weighted by Gasteiger charge is -2.13. The van der Waals surface area contributed by atoms with Crippen LogP contribution in [0.2, 0.25) is 0 Å². The van der Waals surface area contributed by atoms with Crippen LogP contribution in [0.15, 0.2) is 63.6 Å². The standard InChI is InChI=1S/C28H31N5O6/c1-5-19(31-28(35)38-16-18-10-7-6-8-11-18)25-30-22(17-37-25)20-12-9-13-21(29-20)26-32-24(27(34)36-4)23(39-26)14-15-33(2)3/h6-13,17,19H,5,14-16H2,1-4H3,(H,31,35). The molecule has 1 unspecified atom stereocenters. The number of carbonyl (C=O) groups excluding carboxylic acids is 2. The summed E-state index contributed by atoms with van der Waals surface area (Å²) in [5.41, 5.74) is 2.42. The van der Waals surface area contributed by atoms with E-state index in [9.17, 15) is 9.59 Å². The van der Waals surface area contributed by atoms with Crippen molar-refractivity contribution in [3.8, 4) is 23.0 Å². The Morgan fingerprint density at radius 3 is 2.49 bits per heavy atom. The van der Waals surface area contributed by atoms with E-state index in [-0.39, 0.29) is 18.2 Å². The highest BCUT2D eigenvalue weighted by Gasteiger charge is 2.23. The molecule has 1 amide bonds. The zero-order valence-electron chi connectivity index (χ0n) is 22.3. The Hall–Kier alpha value is -4.51. The lowest BCUT2D eigenvalue weighted by molar-refractivity contribution is 0.0592. The number of hydrogen-bond donors (Lipinski definition) is 1. The Balaban J connectivity index is 1.49. The summed E-state index contributed by atoms with van der Waals surface area (Å²) in [5, 5.41) is 2.79. The third-order valence-electron chi connectivity index (χ3n) is 5.83. The van der Waals surface area contributed by atoms with Crippen molar-refractivity contribution in [1.29, 1.82) is 0 Å². The number of carbonyl (C=O) groups is 2. The van der Waals surface area contributed by atoms with Gasteiger partial charge >= 0.3 is 12.1 Å². The number of rotatable bonds is 11. The third kappa shape index (κ3) is 7.08. The molecule has 0 bridgehead atoms. The van der Waals surface area contributed by atoms with Crippen LogP contribution in [0.3, 0.4) is 0 Å². The van der Waals surface area contributed by atoms with Gasteiger partial charge in [0.1, 0.15) is 36.1 Å². The number of amides is 1. The summed E-state index contributed by atoms with van der Waals surface area (Å²) in [6.45, 7) is 2.73. The van der Waals surface area contributed by atoms with Crippen molar-refractivity contribution in [3.63, 3.8) is 0 Å². The van der Waals surface area contributed by atoms with Crippen LogP contribution < -0.4 is 5.32 Å². The molecule has 11 heteroatoms. The molecule has 0 aliphatic heterocycles. The summed E-state index contributed by atoms with van der Waals surface area (Å²) in [6, 6.07) is 14.2. The molecular weight excluding hydrogens is 502 g/mol. The largest absolute Gasteiger partial charge is 0.464 e. The van der Waals surface area contributed by atoms with Crippen molar-refractivity contribution in [2.45, 2.75) is 32.4 Å². The van der Waals surface area contributed by atoms with Crippen LogP contribution in [0.5, 0.6) is 0 Å². The number of likely N-dealkylation sites (N-methyl/N-ethyl adjacent to an activating group) is 1. The molecule has 0 saturated heterocycles. The molecule has 0 radical (unpaired) electrons. The van der Waals surface area contributed by atoms with Gasteiger partial charge in [-0.15, -0.1) is 0 Å². The first-order valence-corrected chi connectivity index (χ1v) is 12.5. The van der Waals surface area contributed by atoms with E-state index in [2.05, 4.69) is 20.3 Å².